The van der Waals surface area contributed by atoms with Gasteiger partial charge in [-0.05, 0) is 25.0 Å². The zero-order chi connectivity index (χ0) is 15.2. The summed E-state index contributed by atoms with van der Waals surface area (Å²) in [6.45, 7) is 0.626. The van der Waals surface area contributed by atoms with E-state index in [2.05, 4.69) is 5.32 Å². The Labute approximate surface area is 123 Å². The number of carbonyl (C=O) groups is 2. The van der Waals surface area contributed by atoms with Crippen molar-refractivity contribution < 1.29 is 19.4 Å². The van der Waals surface area contributed by atoms with Crippen LogP contribution < -0.4 is 10.1 Å². The Hall–Kier alpha value is -2.08. The highest BCUT2D eigenvalue weighted by Gasteiger charge is 2.30. The number of hydrogen-bond acceptors (Lipinski definition) is 4. The number of carboxylic acid groups (broad SMARTS) is 1. The quantitative estimate of drug-likeness (QED) is 0.760. The number of benzene rings is 1. The molecule has 0 unspecified atom stereocenters. The molecular weight excluding hydrogens is 272 g/mol. The maximum atomic E-state index is 12.1. The zero-order valence-electron chi connectivity index (χ0n) is 12.0. The highest BCUT2D eigenvalue weighted by atomic mass is 16.5. The van der Waals surface area contributed by atoms with Gasteiger partial charge in [0.2, 0.25) is 5.91 Å². The molecule has 2 rings (SSSR count). The predicted molar refractivity (Wildman–Crippen MR) is 78.5 cm³/mol. The van der Waals surface area contributed by atoms with E-state index < -0.39 is 5.97 Å². The molecule has 6 heteroatoms. The van der Waals surface area contributed by atoms with Crippen LogP contribution in [0.2, 0.25) is 0 Å². The van der Waals surface area contributed by atoms with Gasteiger partial charge >= 0.3 is 5.97 Å². The lowest BCUT2D eigenvalue weighted by Crippen LogP contribution is -2.36. The lowest BCUT2D eigenvalue weighted by molar-refractivity contribution is -0.137. The minimum atomic E-state index is -0.839. The minimum absolute atomic E-state index is 0.0585. The molecule has 0 heterocycles. The smallest absolute Gasteiger partial charge is 0.304 e. The molecule has 0 aliphatic heterocycles. The van der Waals surface area contributed by atoms with Gasteiger partial charge in [0.15, 0.2) is 0 Å². The van der Waals surface area contributed by atoms with Gasteiger partial charge in [-0.1, -0.05) is 6.07 Å². The van der Waals surface area contributed by atoms with Crippen LogP contribution in [0.1, 0.15) is 19.3 Å². The molecule has 2 N–H and O–H groups in total. The van der Waals surface area contributed by atoms with Crippen LogP contribution in [0.4, 0.5) is 5.69 Å². The van der Waals surface area contributed by atoms with Gasteiger partial charge in [0, 0.05) is 24.3 Å². The van der Waals surface area contributed by atoms with Crippen molar-refractivity contribution in [3.8, 4) is 5.75 Å². The summed E-state index contributed by atoms with van der Waals surface area (Å²) in [6.07, 6.45) is 2.13. The van der Waals surface area contributed by atoms with Crippen molar-refractivity contribution in [1.82, 2.24) is 4.90 Å². The molecule has 0 aromatic heterocycles. The van der Waals surface area contributed by atoms with E-state index in [-0.39, 0.29) is 18.9 Å². The summed E-state index contributed by atoms with van der Waals surface area (Å²) in [5.74, 6) is -0.299. The van der Waals surface area contributed by atoms with Crippen LogP contribution in [0.3, 0.4) is 0 Å². The number of anilines is 1. The fraction of sp³-hybridized carbons (Fsp3) is 0.467. The molecule has 1 aromatic carbocycles. The van der Waals surface area contributed by atoms with Crippen LogP contribution in [-0.4, -0.2) is 48.1 Å². The number of aliphatic carboxylic acids is 1. The number of carbonyl (C=O) groups excluding carboxylic acids is 1. The molecule has 1 aliphatic carbocycles. The second-order valence-electron chi connectivity index (χ2n) is 5.13. The number of nitrogens with one attached hydrogen (secondary N) is 1. The van der Waals surface area contributed by atoms with Crippen molar-refractivity contribution in [2.45, 2.75) is 25.3 Å². The number of methoxy groups -OCH3 is 1. The summed E-state index contributed by atoms with van der Waals surface area (Å²) >= 11 is 0. The van der Waals surface area contributed by atoms with E-state index in [1.165, 1.54) is 0 Å². The molecular formula is C15H20N2O4. The Morgan fingerprint density at radius 1 is 1.43 bits per heavy atom. The third-order valence-corrected chi connectivity index (χ3v) is 3.38. The molecule has 1 fully saturated rings. The van der Waals surface area contributed by atoms with E-state index in [4.69, 9.17) is 9.84 Å². The molecule has 6 nitrogen and oxygen atoms in total. The number of nitrogens with zero attached hydrogens (tertiary/aromatic N) is 1. The average molecular weight is 292 g/mol. The van der Waals surface area contributed by atoms with Crippen LogP contribution in [0.5, 0.6) is 5.75 Å². The summed E-state index contributed by atoms with van der Waals surface area (Å²) in [5, 5.41) is 11.6. The van der Waals surface area contributed by atoms with Crippen molar-refractivity contribution in [2.24, 2.45) is 0 Å². The standard InChI is InChI=1S/C15H20N2O4/c1-21-13-4-2-3-11(9-13)16-14(18)10-17(12-5-6-12)8-7-15(19)20/h2-4,9,12H,5-8,10H2,1H3,(H,16,18)(H,19,20). The van der Waals surface area contributed by atoms with Gasteiger partial charge in [0.05, 0.1) is 20.1 Å². The van der Waals surface area contributed by atoms with E-state index >= 15 is 0 Å². The lowest BCUT2D eigenvalue weighted by Gasteiger charge is -2.20. The molecule has 0 atom stereocenters. The Balaban J connectivity index is 1.87. The Morgan fingerprint density at radius 3 is 2.81 bits per heavy atom. The molecule has 0 spiro atoms. The molecule has 0 saturated heterocycles. The first-order valence-corrected chi connectivity index (χ1v) is 6.98. The highest BCUT2D eigenvalue weighted by molar-refractivity contribution is 5.92. The number of carboxylic acids is 1. The van der Waals surface area contributed by atoms with Crippen LogP contribution in [0.25, 0.3) is 0 Å². The molecule has 21 heavy (non-hydrogen) atoms. The van der Waals surface area contributed by atoms with Crippen molar-refractivity contribution in [3.05, 3.63) is 24.3 Å². The zero-order valence-corrected chi connectivity index (χ0v) is 12.0. The van der Waals surface area contributed by atoms with Crippen LogP contribution in [-0.2, 0) is 9.59 Å². The number of hydrogen-bond donors (Lipinski definition) is 2. The monoisotopic (exact) mass is 292 g/mol. The number of ether oxygens (including phenoxy) is 1. The van der Waals surface area contributed by atoms with Crippen molar-refractivity contribution >= 4 is 17.6 Å². The first kappa shape index (κ1) is 15.3. The SMILES string of the molecule is COc1cccc(NC(=O)CN(CCC(=O)O)C2CC2)c1. The molecule has 1 aliphatic rings. The summed E-state index contributed by atoms with van der Waals surface area (Å²) in [5.41, 5.74) is 0.674. The number of amides is 1. The van der Waals surface area contributed by atoms with Crippen molar-refractivity contribution in [1.29, 1.82) is 0 Å². The van der Waals surface area contributed by atoms with Crippen LogP contribution in [0.15, 0.2) is 24.3 Å². The fourth-order valence-corrected chi connectivity index (χ4v) is 2.16. The van der Waals surface area contributed by atoms with E-state index in [0.29, 0.717) is 24.0 Å². The van der Waals surface area contributed by atoms with Gasteiger partial charge in [-0.15, -0.1) is 0 Å². The highest BCUT2D eigenvalue weighted by Crippen LogP contribution is 2.26. The lowest BCUT2D eigenvalue weighted by atomic mass is 10.3. The second kappa shape index (κ2) is 7.08. The van der Waals surface area contributed by atoms with Gasteiger partial charge in [-0.25, -0.2) is 0 Å². The molecule has 1 saturated carbocycles. The van der Waals surface area contributed by atoms with E-state index in [9.17, 15) is 9.59 Å². The second-order valence-corrected chi connectivity index (χ2v) is 5.13. The molecule has 1 aromatic rings. The van der Waals surface area contributed by atoms with Crippen molar-refractivity contribution in [2.75, 3.05) is 25.5 Å². The van der Waals surface area contributed by atoms with Gasteiger partial charge in [0.1, 0.15) is 5.75 Å². The van der Waals surface area contributed by atoms with E-state index in [1.807, 2.05) is 4.90 Å². The first-order valence-electron chi connectivity index (χ1n) is 6.98. The predicted octanol–water partition coefficient (Wildman–Crippen LogP) is 1.57. The fourth-order valence-electron chi connectivity index (χ4n) is 2.16. The first-order chi connectivity index (χ1) is 10.1. The third-order valence-electron chi connectivity index (χ3n) is 3.38. The van der Waals surface area contributed by atoms with Crippen LogP contribution >= 0.6 is 0 Å². The molecule has 0 bridgehead atoms. The van der Waals surface area contributed by atoms with Gasteiger partial charge < -0.3 is 15.2 Å². The molecule has 114 valence electrons. The van der Waals surface area contributed by atoms with Crippen molar-refractivity contribution in [3.63, 3.8) is 0 Å². The minimum Gasteiger partial charge on any atom is -0.497 e. The Bertz CT molecular complexity index is 514. The summed E-state index contributed by atoms with van der Waals surface area (Å²) in [6, 6.07) is 7.49. The van der Waals surface area contributed by atoms with Crippen LogP contribution in [0, 0.1) is 0 Å². The maximum Gasteiger partial charge on any atom is 0.304 e. The summed E-state index contributed by atoms with van der Waals surface area (Å²) < 4.78 is 5.10. The van der Waals surface area contributed by atoms with Gasteiger partial charge in [-0.3, -0.25) is 14.5 Å². The number of rotatable bonds is 8. The Kier molecular flexibility index (Phi) is 5.16. The van der Waals surface area contributed by atoms with Gasteiger partial charge in [-0.2, -0.15) is 0 Å². The largest absolute Gasteiger partial charge is 0.497 e. The molecule has 1 amide bonds. The topological polar surface area (TPSA) is 78.9 Å². The maximum absolute atomic E-state index is 12.1. The third kappa shape index (κ3) is 5.07. The van der Waals surface area contributed by atoms with E-state index in [0.717, 1.165) is 12.8 Å². The van der Waals surface area contributed by atoms with E-state index in [1.54, 1.807) is 31.4 Å². The van der Waals surface area contributed by atoms with Gasteiger partial charge in [0.25, 0.3) is 0 Å². The summed E-state index contributed by atoms with van der Waals surface area (Å²) in [7, 11) is 1.57. The average Bonchev–Trinajstić information content (AvgIpc) is 3.28. The summed E-state index contributed by atoms with van der Waals surface area (Å²) in [4.78, 5) is 24.6. The normalized spacial score (nSPS) is 14.0. The molecule has 0 radical (unpaired) electrons. The Morgan fingerprint density at radius 2 is 2.19 bits per heavy atom.